The fourth-order valence-corrected chi connectivity index (χ4v) is 1.39. The molecule has 1 rings (SSSR count). The summed E-state index contributed by atoms with van der Waals surface area (Å²) in [5, 5.41) is 11.3. The molecule has 1 N–H and O–H groups in total. The van der Waals surface area contributed by atoms with Crippen LogP contribution in [0.15, 0.2) is 23.4 Å². The van der Waals surface area contributed by atoms with Gasteiger partial charge in [0.05, 0.1) is 19.8 Å². The number of carbonyl (C=O) groups excluding carboxylic acids is 1. The van der Waals surface area contributed by atoms with Crippen LogP contribution < -0.4 is 4.74 Å². The minimum Gasteiger partial charge on any atom is -0.495 e. The molecule has 1 aromatic carbocycles. The molecule has 0 bridgehead atoms. The Labute approximate surface area is 97.2 Å². The third-order valence-corrected chi connectivity index (χ3v) is 2.21. The largest absolute Gasteiger partial charge is 0.495 e. The summed E-state index contributed by atoms with van der Waals surface area (Å²) in [6.07, 6.45) is 0. The molecule has 0 aliphatic heterocycles. The summed E-state index contributed by atoms with van der Waals surface area (Å²) in [7, 11) is 2.64. The summed E-state index contributed by atoms with van der Waals surface area (Å²) in [4.78, 5) is 11.4. The van der Waals surface area contributed by atoms with Crippen molar-refractivity contribution in [1.29, 1.82) is 0 Å². The molecule has 0 aliphatic carbocycles. The quantitative estimate of drug-likeness (QED) is 0.381. The maximum absolute atomic E-state index is 11.4. The topological polar surface area (TPSA) is 68.1 Å². The van der Waals surface area contributed by atoms with E-state index in [1.165, 1.54) is 20.3 Å². The van der Waals surface area contributed by atoms with Crippen molar-refractivity contribution in [3.8, 4) is 5.75 Å². The molecule has 0 heterocycles. The van der Waals surface area contributed by atoms with Gasteiger partial charge in [-0.15, -0.1) is 0 Å². The molecule has 0 spiro atoms. The van der Waals surface area contributed by atoms with E-state index >= 15 is 0 Å². The average Bonchev–Trinajstić information content (AvgIpc) is 2.35. The Morgan fingerprint density at radius 3 is 2.50 bits per heavy atom. The smallest absolute Gasteiger partial charge is 0.341 e. The standard InChI is InChI=1S/C10H10ClNO4/c1-15-8-6(9(11)12-14)4-3-5-7(8)10(13)16-2/h3-5,14H,1-2H3/b12-9+. The van der Waals surface area contributed by atoms with Crippen LogP contribution in [-0.2, 0) is 4.74 Å². The van der Waals surface area contributed by atoms with Gasteiger partial charge in [0.2, 0.25) is 0 Å². The highest BCUT2D eigenvalue weighted by Gasteiger charge is 2.18. The van der Waals surface area contributed by atoms with Gasteiger partial charge in [-0.3, -0.25) is 0 Å². The zero-order valence-corrected chi connectivity index (χ0v) is 9.49. The van der Waals surface area contributed by atoms with Crippen molar-refractivity contribution in [1.82, 2.24) is 0 Å². The lowest BCUT2D eigenvalue weighted by molar-refractivity contribution is 0.0597. The zero-order chi connectivity index (χ0) is 12.1. The zero-order valence-electron chi connectivity index (χ0n) is 8.73. The Kier molecular flexibility index (Phi) is 4.13. The highest BCUT2D eigenvalue weighted by molar-refractivity contribution is 6.69. The first-order valence-corrected chi connectivity index (χ1v) is 4.66. The third kappa shape index (κ3) is 2.25. The molecule has 0 aliphatic rings. The minimum atomic E-state index is -0.555. The highest BCUT2D eigenvalue weighted by atomic mass is 35.5. The number of esters is 1. The molecule has 5 nitrogen and oxygen atoms in total. The molecule has 0 radical (unpaired) electrons. The molecule has 6 heteroatoms. The first-order chi connectivity index (χ1) is 7.65. The Morgan fingerprint density at radius 1 is 1.38 bits per heavy atom. The van der Waals surface area contributed by atoms with E-state index in [1.54, 1.807) is 12.1 Å². The Hall–Kier alpha value is -1.75. The van der Waals surface area contributed by atoms with Crippen LogP contribution in [0.5, 0.6) is 5.75 Å². The van der Waals surface area contributed by atoms with Gasteiger partial charge in [-0.05, 0) is 12.1 Å². The van der Waals surface area contributed by atoms with E-state index in [1.807, 2.05) is 0 Å². The maximum atomic E-state index is 11.4. The van der Waals surface area contributed by atoms with Crippen LogP contribution in [-0.4, -0.2) is 30.6 Å². The van der Waals surface area contributed by atoms with Gasteiger partial charge in [0.1, 0.15) is 11.3 Å². The Balaban J connectivity index is 3.37. The van der Waals surface area contributed by atoms with Gasteiger partial charge in [-0.2, -0.15) is 0 Å². The summed E-state index contributed by atoms with van der Waals surface area (Å²) < 4.78 is 9.63. The summed E-state index contributed by atoms with van der Waals surface area (Å²) >= 11 is 5.66. The number of oxime groups is 1. The Morgan fingerprint density at radius 2 is 2.00 bits per heavy atom. The first kappa shape index (κ1) is 12.3. The van der Waals surface area contributed by atoms with Crippen LogP contribution in [0, 0.1) is 0 Å². The lowest BCUT2D eigenvalue weighted by Gasteiger charge is -2.10. The van der Waals surface area contributed by atoms with Crippen molar-refractivity contribution in [3.63, 3.8) is 0 Å². The van der Waals surface area contributed by atoms with Crippen LogP contribution in [0.3, 0.4) is 0 Å². The van der Waals surface area contributed by atoms with Gasteiger partial charge in [0.15, 0.2) is 5.17 Å². The average molecular weight is 244 g/mol. The lowest BCUT2D eigenvalue weighted by atomic mass is 10.1. The molecule has 1 aromatic rings. The van der Waals surface area contributed by atoms with Crippen molar-refractivity contribution < 1.29 is 19.5 Å². The van der Waals surface area contributed by atoms with E-state index in [0.717, 1.165) is 0 Å². The number of halogens is 1. The second-order valence-corrected chi connectivity index (χ2v) is 3.13. The van der Waals surface area contributed by atoms with E-state index in [0.29, 0.717) is 5.56 Å². The highest BCUT2D eigenvalue weighted by Crippen LogP contribution is 2.26. The van der Waals surface area contributed by atoms with Crippen LogP contribution in [0.2, 0.25) is 0 Å². The molecular formula is C10H10ClNO4. The minimum absolute atomic E-state index is 0.164. The predicted molar refractivity (Wildman–Crippen MR) is 58.5 cm³/mol. The molecule has 16 heavy (non-hydrogen) atoms. The summed E-state index contributed by atoms with van der Waals surface area (Å²) in [5.74, 6) is -0.349. The fourth-order valence-electron chi connectivity index (χ4n) is 1.24. The molecule has 0 saturated carbocycles. The van der Waals surface area contributed by atoms with E-state index in [2.05, 4.69) is 9.89 Å². The van der Waals surface area contributed by atoms with Crippen molar-refractivity contribution in [3.05, 3.63) is 29.3 Å². The molecule has 0 saturated heterocycles. The van der Waals surface area contributed by atoms with Crippen molar-refractivity contribution >= 4 is 22.7 Å². The van der Waals surface area contributed by atoms with E-state index in [-0.39, 0.29) is 16.5 Å². The molecular weight excluding hydrogens is 234 g/mol. The van der Waals surface area contributed by atoms with Crippen LogP contribution in [0.1, 0.15) is 15.9 Å². The fraction of sp³-hybridized carbons (Fsp3) is 0.200. The second-order valence-electron chi connectivity index (χ2n) is 2.77. The van der Waals surface area contributed by atoms with Crippen molar-refractivity contribution in [2.24, 2.45) is 5.16 Å². The number of hydrogen-bond donors (Lipinski definition) is 1. The number of ether oxygens (including phenoxy) is 2. The molecule has 86 valence electrons. The van der Waals surface area contributed by atoms with E-state index in [9.17, 15) is 4.79 Å². The first-order valence-electron chi connectivity index (χ1n) is 4.29. The SMILES string of the molecule is COC(=O)c1cccc(/C(Cl)=N\O)c1OC. The molecule has 0 atom stereocenters. The number of para-hydroxylation sites is 1. The lowest BCUT2D eigenvalue weighted by Crippen LogP contribution is -2.07. The van der Waals surface area contributed by atoms with Crippen molar-refractivity contribution in [2.45, 2.75) is 0 Å². The summed E-state index contributed by atoms with van der Waals surface area (Å²) in [6.45, 7) is 0. The number of methoxy groups -OCH3 is 2. The second kappa shape index (κ2) is 5.37. The van der Waals surface area contributed by atoms with Gasteiger partial charge in [0, 0.05) is 0 Å². The monoisotopic (exact) mass is 243 g/mol. The van der Waals surface area contributed by atoms with Crippen LogP contribution in [0.4, 0.5) is 0 Å². The van der Waals surface area contributed by atoms with Crippen molar-refractivity contribution in [2.75, 3.05) is 14.2 Å². The third-order valence-electron chi connectivity index (χ3n) is 1.93. The van der Waals surface area contributed by atoms with Gasteiger partial charge in [0.25, 0.3) is 0 Å². The van der Waals surface area contributed by atoms with Crippen LogP contribution in [0.25, 0.3) is 0 Å². The molecule has 0 aromatic heterocycles. The maximum Gasteiger partial charge on any atom is 0.341 e. The number of rotatable bonds is 3. The van der Waals surface area contributed by atoms with Gasteiger partial charge in [-0.1, -0.05) is 22.8 Å². The van der Waals surface area contributed by atoms with Gasteiger partial charge >= 0.3 is 5.97 Å². The number of carbonyl (C=O) groups is 1. The molecule has 0 amide bonds. The van der Waals surface area contributed by atoms with Gasteiger partial charge < -0.3 is 14.7 Å². The number of nitrogens with zero attached hydrogens (tertiary/aromatic N) is 1. The summed E-state index contributed by atoms with van der Waals surface area (Å²) in [5.41, 5.74) is 0.527. The number of benzene rings is 1. The molecule has 0 fully saturated rings. The Bertz CT molecular complexity index is 431. The normalized spacial score (nSPS) is 11.1. The van der Waals surface area contributed by atoms with Crippen LogP contribution >= 0.6 is 11.6 Å². The van der Waals surface area contributed by atoms with E-state index < -0.39 is 5.97 Å². The predicted octanol–water partition coefficient (Wildman–Crippen LogP) is 1.86. The molecule has 0 unspecified atom stereocenters. The number of hydrogen-bond acceptors (Lipinski definition) is 5. The van der Waals surface area contributed by atoms with E-state index in [4.69, 9.17) is 21.5 Å². The van der Waals surface area contributed by atoms with Gasteiger partial charge in [-0.25, -0.2) is 4.79 Å². The summed E-state index contributed by atoms with van der Waals surface area (Å²) in [6, 6.07) is 4.67.